The molecule has 2 rings (SSSR count). The molecule has 1 aliphatic rings. The average molecular weight is 298 g/mol. The molecule has 0 aliphatic carbocycles. The average Bonchev–Trinajstić information content (AvgIpc) is 2.50. The molecule has 2 unspecified atom stereocenters. The summed E-state index contributed by atoms with van der Waals surface area (Å²) in [5.41, 5.74) is 0.789. The number of nitrogens with one attached hydrogen (secondary N) is 1. The van der Waals surface area contributed by atoms with Gasteiger partial charge in [0.25, 0.3) is 0 Å². The molecule has 0 spiro atoms. The van der Waals surface area contributed by atoms with Crippen LogP contribution in [0.2, 0.25) is 0 Å². The molecule has 118 valence electrons. The summed E-state index contributed by atoms with van der Waals surface area (Å²) in [4.78, 5) is 2.35. The second-order valence-electron chi connectivity index (χ2n) is 5.42. The normalized spacial score (nSPS) is 21.4. The molecule has 1 aromatic rings. The first-order valence-corrected chi connectivity index (χ1v) is 7.65. The Hall–Kier alpha value is -1.04. The molecule has 0 saturated carbocycles. The first kappa shape index (κ1) is 16.3. The van der Waals surface area contributed by atoms with Crippen LogP contribution < -0.4 is 5.32 Å². The van der Waals surface area contributed by atoms with Crippen molar-refractivity contribution in [2.24, 2.45) is 0 Å². The summed E-state index contributed by atoms with van der Waals surface area (Å²) in [7, 11) is 0. The summed E-state index contributed by atoms with van der Waals surface area (Å²) in [6.07, 6.45) is 0.708. The molecular weight excluding hydrogens is 274 g/mol. The molecule has 1 aromatic carbocycles. The Bertz CT molecular complexity index is 456. The number of rotatable bonds is 6. The maximum atomic E-state index is 13.3. The number of hydrogen-bond donors (Lipinski definition) is 1. The summed E-state index contributed by atoms with van der Waals surface area (Å²) in [5.74, 6) is -1.59. The minimum atomic E-state index is -0.801. The monoisotopic (exact) mass is 298 g/mol. The SMILES string of the molecule is CCNC(Cc1ccc(F)c(F)c1)C1CN(CC)CCO1. The first-order chi connectivity index (χ1) is 10.1. The second kappa shape index (κ2) is 7.82. The standard InChI is InChI=1S/C16H24F2N2O/c1-3-19-15(16-11-20(4-2)7-8-21-16)10-12-5-6-13(17)14(18)9-12/h5-6,9,15-16,19H,3-4,7-8,10-11H2,1-2H3. The molecule has 1 aliphatic heterocycles. The first-order valence-electron chi connectivity index (χ1n) is 7.65. The predicted octanol–water partition coefficient (Wildman–Crippen LogP) is 2.21. The van der Waals surface area contributed by atoms with Gasteiger partial charge < -0.3 is 10.1 Å². The van der Waals surface area contributed by atoms with E-state index in [-0.39, 0.29) is 12.1 Å². The summed E-state index contributed by atoms with van der Waals surface area (Å²) >= 11 is 0. The molecule has 1 N–H and O–H groups in total. The fourth-order valence-electron chi connectivity index (χ4n) is 2.78. The lowest BCUT2D eigenvalue weighted by Crippen LogP contribution is -2.53. The van der Waals surface area contributed by atoms with Crippen LogP contribution in [-0.4, -0.2) is 49.8 Å². The van der Waals surface area contributed by atoms with Crippen molar-refractivity contribution >= 4 is 0 Å². The van der Waals surface area contributed by atoms with E-state index in [0.29, 0.717) is 6.42 Å². The van der Waals surface area contributed by atoms with Crippen LogP contribution in [0.15, 0.2) is 18.2 Å². The van der Waals surface area contributed by atoms with Gasteiger partial charge in [0.15, 0.2) is 11.6 Å². The van der Waals surface area contributed by atoms with Gasteiger partial charge in [-0.1, -0.05) is 19.9 Å². The lowest BCUT2D eigenvalue weighted by Gasteiger charge is -2.37. The number of halogens is 2. The van der Waals surface area contributed by atoms with E-state index in [2.05, 4.69) is 17.1 Å². The Morgan fingerprint density at radius 2 is 2.14 bits per heavy atom. The maximum Gasteiger partial charge on any atom is 0.159 e. The number of likely N-dealkylation sites (N-methyl/N-ethyl adjacent to an activating group) is 2. The fraction of sp³-hybridized carbons (Fsp3) is 0.625. The lowest BCUT2D eigenvalue weighted by molar-refractivity contribution is -0.0445. The highest BCUT2D eigenvalue weighted by Crippen LogP contribution is 2.15. The molecule has 1 heterocycles. The zero-order valence-electron chi connectivity index (χ0n) is 12.7. The van der Waals surface area contributed by atoms with E-state index in [0.717, 1.165) is 38.3 Å². The highest BCUT2D eigenvalue weighted by atomic mass is 19.2. The molecule has 5 heteroatoms. The van der Waals surface area contributed by atoms with Gasteiger partial charge >= 0.3 is 0 Å². The number of benzene rings is 1. The van der Waals surface area contributed by atoms with Crippen molar-refractivity contribution < 1.29 is 13.5 Å². The molecular formula is C16H24F2N2O. The summed E-state index contributed by atoms with van der Waals surface area (Å²) in [6, 6.07) is 4.21. The van der Waals surface area contributed by atoms with Gasteiger partial charge in [0.05, 0.1) is 12.7 Å². The van der Waals surface area contributed by atoms with Crippen molar-refractivity contribution in [3.63, 3.8) is 0 Å². The number of morpholine rings is 1. The van der Waals surface area contributed by atoms with Gasteiger partial charge in [-0.05, 0) is 37.2 Å². The van der Waals surface area contributed by atoms with Crippen LogP contribution in [0.25, 0.3) is 0 Å². The third-order valence-electron chi connectivity index (χ3n) is 3.98. The van der Waals surface area contributed by atoms with E-state index in [1.54, 1.807) is 6.07 Å². The van der Waals surface area contributed by atoms with Crippen molar-refractivity contribution in [2.75, 3.05) is 32.8 Å². The second-order valence-corrected chi connectivity index (χ2v) is 5.42. The smallest absolute Gasteiger partial charge is 0.159 e. The molecule has 0 amide bonds. The molecule has 2 atom stereocenters. The van der Waals surface area contributed by atoms with Crippen LogP contribution in [0, 0.1) is 11.6 Å². The highest BCUT2D eigenvalue weighted by molar-refractivity contribution is 5.19. The van der Waals surface area contributed by atoms with Crippen LogP contribution in [0.5, 0.6) is 0 Å². The van der Waals surface area contributed by atoms with E-state index in [9.17, 15) is 8.78 Å². The van der Waals surface area contributed by atoms with Gasteiger partial charge in [-0.15, -0.1) is 0 Å². The molecule has 0 bridgehead atoms. The van der Waals surface area contributed by atoms with E-state index in [4.69, 9.17) is 4.74 Å². The van der Waals surface area contributed by atoms with Crippen LogP contribution in [0.1, 0.15) is 19.4 Å². The molecule has 1 saturated heterocycles. The van der Waals surface area contributed by atoms with Crippen LogP contribution in [0.4, 0.5) is 8.78 Å². The van der Waals surface area contributed by atoms with Gasteiger partial charge in [0, 0.05) is 19.1 Å². The Balaban J connectivity index is 2.05. The molecule has 3 nitrogen and oxygen atoms in total. The lowest BCUT2D eigenvalue weighted by atomic mass is 9.99. The van der Waals surface area contributed by atoms with Gasteiger partial charge in [-0.25, -0.2) is 8.78 Å². The summed E-state index contributed by atoms with van der Waals surface area (Å²) in [6.45, 7) is 8.55. The van der Waals surface area contributed by atoms with Gasteiger partial charge in [0.1, 0.15) is 0 Å². The van der Waals surface area contributed by atoms with Gasteiger partial charge in [-0.3, -0.25) is 4.90 Å². The van der Waals surface area contributed by atoms with Crippen LogP contribution in [-0.2, 0) is 11.2 Å². The third kappa shape index (κ3) is 4.46. The topological polar surface area (TPSA) is 24.5 Å². The third-order valence-corrected chi connectivity index (χ3v) is 3.98. The van der Waals surface area contributed by atoms with Gasteiger partial charge in [0.2, 0.25) is 0 Å². The van der Waals surface area contributed by atoms with E-state index < -0.39 is 11.6 Å². The van der Waals surface area contributed by atoms with Gasteiger partial charge in [-0.2, -0.15) is 0 Å². The maximum absolute atomic E-state index is 13.3. The molecule has 0 aromatic heterocycles. The van der Waals surface area contributed by atoms with E-state index in [1.807, 2.05) is 6.92 Å². The Morgan fingerprint density at radius 3 is 2.81 bits per heavy atom. The molecule has 0 radical (unpaired) electrons. The molecule has 1 fully saturated rings. The minimum absolute atomic E-state index is 0.0757. The fourth-order valence-corrected chi connectivity index (χ4v) is 2.78. The Kier molecular flexibility index (Phi) is 6.08. The summed E-state index contributed by atoms with van der Waals surface area (Å²) in [5, 5.41) is 3.41. The number of nitrogens with zero attached hydrogens (tertiary/aromatic N) is 1. The minimum Gasteiger partial charge on any atom is -0.374 e. The zero-order chi connectivity index (χ0) is 15.2. The predicted molar refractivity (Wildman–Crippen MR) is 79.4 cm³/mol. The van der Waals surface area contributed by atoms with Crippen molar-refractivity contribution in [3.8, 4) is 0 Å². The van der Waals surface area contributed by atoms with Crippen LogP contribution >= 0.6 is 0 Å². The number of ether oxygens (including phenoxy) is 1. The van der Waals surface area contributed by atoms with Crippen molar-refractivity contribution in [1.82, 2.24) is 10.2 Å². The van der Waals surface area contributed by atoms with Crippen molar-refractivity contribution in [3.05, 3.63) is 35.4 Å². The molecule has 21 heavy (non-hydrogen) atoms. The summed E-state index contributed by atoms with van der Waals surface area (Å²) < 4.78 is 32.2. The number of hydrogen-bond acceptors (Lipinski definition) is 3. The Morgan fingerprint density at radius 1 is 1.33 bits per heavy atom. The van der Waals surface area contributed by atoms with E-state index in [1.165, 1.54) is 12.1 Å². The van der Waals surface area contributed by atoms with Crippen molar-refractivity contribution in [1.29, 1.82) is 0 Å². The van der Waals surface area contributed by atoms with E-state index >= 15 is 0 Å². The largest absolute Gasteiger partial charge is 0.374 e. The highest BCUT2D eigenvalue weighted by Gasteiger charge is 2.27. The quantitative estimate of drug-likeness (QED) is 0.871. The zero-order valence-corrected chi connectivity index (χ0v) is 12.7. The Labute approximate surface area is 125 Å². The van der Waals surface area contributed by atoms with Crippen LogP contribution in [0.3, 0.4) is 0 Å². The van der Waals surface area contributed by atoms with Crippen molar-refractivity contribution in [2.45, 2.75) is 32.4 Å².